The number of carbonyl (C=O) groups is 1. The summed E-state index contributed by atoms with van der Waals surface area (Å²) in [7, 11) is 1.87. The minimum atomic E-state index is 0.0656. The number of nitrogens with zero attached hydrogens (tertiary/aromatic N) is 2. The molecule has 2 aromatic rings. The molecule has 0 spiro atoms. The van der Waals surface area contributed by atoms with Crippen LogP contribution in [0.15, 0.2) is 24.3 Å². The van der Waals surface area contributed by atoms with Crippen LogP contribution in [0.1, 0.15) is 60.6 Å². The zero-order chi connectivity index (χ0) is 18.1. The summed E-state index contributed by atoms with van der Waals surface area (Å²) in [6.07, 6.45) is 3.17. The molecule has 1 unspecified atom stereocenters. The molecule has 134 valence electrons. The highest BCUT2D eigenvalue weighted by Crippen LogP contribution is 2.40. The number of hydrogen-bond donors (Lipinski definition) is 1. The Balaban J connectivity index is 1.90. The average molecular weight is 339 g/mol. The predicted octanol–water partition coefficient (Wildman–Crippen LogP) is 3.87. The average Bonchev–Trinajstić information content (AvgIpc) is 3.42. The van der Waals surface area contributed by atoms with Gasteiger partial charge in [0, 0.05) is 36.6 Å². The van der Waals surface area contributed by atoms with Crippen molar-refractivity contribution in [1.82, 2.24) is 9.88 Å². The number of fused-ring (bicyclic) bond motifs is 1. The fourth-order valence-electron chi connectivity index (χ4n) is 3.11. The van der Waals surface area contributed by atoms with Crippen molar-refractivity contribution in [2.75, 3.05) is 13.6 Å². The van der Waals surface area contributed by atoms with Gasteiger partial charge < -0.3 is 10.6 Å². The van der Waals surface area contributed by atoms with Crippen molar-refractivity contribution in [1.29, 1.82) is 0 Å². The lowest BCUT2D eigenvalue weighted by atomic mass is 10.0. The van der Waals surface area contributed by atoms with Crippen LogP contribution in [-0.2, 0) is 0 Å². The molecule has 4 nitrogen and oxygen atoms in total. The normalized spacial score (nSPS) is 15.6. The molecule has 1 aromatic heterocycles. The lowest BCUT2D eigenvalue weighted by Crippen LogP contribution is -2.34. The van der Waals surface area contributed by atoms with Crippen LogP contribution in [0.2, 0.25) is 0 Å². The van der Waals surface area contributed by atoms with Gasteiger partial charge in [-0.2, -0.15) is 0 Å². The lowest BCUT2D eigenvalue weighted by Gasteiger charge is -2.22. The molecule has 0 aliphatic heterocycles. The highest BCUT2D eigenvalue weighted by Gasteiger charge is 2.27. The Morgan fingerprint density at radius 1 is 1.32 bits per heavy atom. The Morgan fingerprint density at radius 3 is 2.68 bits per heavy atom. The minimum absolute atomic E-state index is 0.0656. The van der Waals surface area contributed by atoms with Gasteiger partial charge in [0.25, 0.3) is 5.91 Å². The first-order chi connectivity index (χ1) is 11.9. The number of benzene rings is 1. The van der Waals surface area contributed by atoms with E-state index in [1.807, 2.05) is 26.1 Å². The van der Waals surface area contributed by atoms with Crippen molar-refractivity contribution in [2.45, 2.75) is 52.0 Å². The maximum Gasteiger partial charge on any atom is 0.254 e. The number of rotatable bonds is 6. The Hall–Kier alpha value is -1.94. The van der Waals surface area contributed by atoms with Crippen LogP contribution in [0.4, 0.5) is 0 Å². The molecule has 1 aromatic carbocycles. The molecule has 0 radical (unpaired) electrons. The van der Waals surface area contributed by atoms with Crippen LogP contribution in [0.3, 0.4) is 0 Å². The highest BCUT2D eigenvalue weighted by molar-refractivity contribution is 6.06. The van der Waals surface area contributed by atoms with E-state index in [0.717, 1.165) is 34.1 Å². The zero-order valence-electron chi connectivity index (χ0n) is 15.7. The molecule has 0 bridgehead atoms. The summed E-state index contributed by atoms with van der Waals surface area (Å²) in [5.74, 6) is 1.02. The third kappa shape index (κ3) is 4.01. The molecule has 1 heterocycles. The van der Waals surface area contributed by atoms with Gasteiger partial charge in [0.05, 0.1) is 11.1 Å². The lowest BCUT2D eigenvalue weighted by molar-refractivity contribution is 0.0791. The molecule has 3 rings (SSSR count). The maximum absolute atomic E-state index is 13.1. The van der Waals surface area contributed by atoms with E-state index in [0.29, 0.717) is 18.4 Å². The molecule has 4 heteroatoms. The van der Waals surface area contributed by atoms with Crippen molar-refractivity contribution in [3.63, 3.8) is 0 Å². The summed E-state index contributed by atoms with van der Waals surface area (Å²) >= 11 is 0. The third-order valence-corrected chi connectivity index (χ3v) is 5.21. The van der Waals surface area contributed by atoms with Gasteiger partial charge in [0.2, 0.25) is 0 Å². The Labute approximate surface area is 150 Å². The monoisotopic (exact) mass is 339 g/mol. The van der Waals surface area contributed by atoms with E-state index < -0.39 is 0 Å². The van der Waals surface area contributed by atoms with E-state index in [-0.39, 0.29) is 11.9 Å². The first-order valence-electron chi connectivity index (χ1n) is 9.29. The molecule has 2 N–H and O–H groups in total. The first-order valence-corrected chi connectivity index (χ1v) is 9.29. The Morgan fingerprint density at radius 2 is 2.04 bits per heavy atom. The molecule has 1 fully saturated rings. The van der Waals surface area contributed by atoms with Gasteiger partial charge in [-0.05, 0) is 50.3 Å². The number of carbonyl (C=O) groups excluding carboxylic acids is 1. The SMILES string of the molecule is Cc1ccc2nc(C3CC3)cc(C(=O)N(C)CCC(N)C(C)C)c2c1. The van der Waals surface area contributed by atoms with Crippen molar-refractivity contribution < 1.29 is 4.79 Å². The molecule has 1 amide bonds. The van der Waals surface area contributed by atoms with Gasteiger partial charge in [-0.15, -0.1) is 0 Å². The van der Waals surface area contributed by atoms with Crippen molar-refractivity contribution in [3.05, 3.63) is 41.1 Å². The summed E-state index contributed by atoms with van der Waals surface area (Å²) in [6, 6.07) is 8.29. The summed E-state index contributed by atoms with van der Waals surface area (Å²) in [6.45, 7) is 6.96. The van der Waals surface area contributed by atoms with Gasteiger partial charge in [-0.3, -0.25) is 9.78 Å². The summed E-state index contributed by atoms with van der Waals surface area (Å²) in [5.41, 5.74) is 10.0. The summed E-state index contributed by atoms with van der Waals surface area (Å²) < 4.78 is 0. The second-order valence-electron chi connectivity index (χ2n) is 7.81. The van der Waals surface area contributed by atoms with Crippen LogP contribution >= 0.6 is 0 Å². The largest absolute Gasteiger partial charge is 0.342 e. The van der Waals surface area contributed by atoms with Crippen molar-refractivity contribution >= 4 is 16.8 Å². The summed E-state index contributed by atoms with van der Waals surface area (Å²) in [4.78, 5) is 19.7. The number of pyridine rings is 1. The van der Waals surface area contributed by atoms with Gasteiger partial charge in [-0.1, -0.05) is 25.5 Å². The Kier molecular flexibility index (Phi) is 5.09. The molecule has 0 saturated heterocycles. The quantitative estimate of drug-likeness (QED) is 0.869. The van der Waals surface area contributed by atoms with E-state index in [1.54, 1.807) is 4.90 Å². The molecule has 1 aliphatic rings. The molecule has 1 saturated carbocycles. The number of amides is 1. The van der Waals surface area contributed by atoms with Crippen LogP contribution in [0, 0.1) is 12.8 Å². The van der Waals surface area contributed by atoms with Crippen LogP contribution in [0.25, 0.3) is 10.9 Å². The van der Waals surface area contributed by atoms with Gasteiger partial charge in [0.1, 0.15) is 0 Å². The molecule has 25 heavy (non-hydrogen) atoms. The smallest absolute Gasteiger partial charge is 0.254 e. The standard InChI is InChI=1S/C21H29N3O/c1-13(2)18(22)9-10-24(4)21(25)17-12-20(15-6-7-15)23-19-8-5-14(3)11-16(17)19/h5,8,11-13,15,18H,6-7,9-10,22H2,1-4H3. The van der Waals surface area contributed by atoms with Gasteiger partial charge in [-0.25, -0.2) is 0 Å². The van der Waals surface area contributed by atoms with Gasteiger partial charge in [0.15, 0.2) is 0 Å². The van der Waals surface area contributed by atoms with E-state index in [2.05, 4.69) is 26.0 Å². The van der Waals surface area contributed by atoms with E-state index >= 15 is 0 Å². The van der Waals surface area contributed by atoms with Crippen LogP contribution in [0.5, 0.6) is 0 Å². The molecular formula is C21H29N3O. The molecule has 1 atom stereocenters. The maximum atomic E-state index is 13.1. The second-order valence-corrected chi connectivity index (χ2v) is 7.81. The van der Waals surface area contributed by atoms with E-state index in [1.165, 1.54) is 12.8 Å². The predicted molar refractivity (Wildman–Crippen MR) is 103 cm³/mol. The number of nitrogens with two attached hydrogens (primary N) is 1. The van der Waals surface area contributed by atoms with E-state index in [4.69, 9.17) is 10.7 Å². The topological polar surface area (TPSA) is 59.2 Å². The molecular weight excluding hydrogens is 310 g/mol. The third-order valence-electron chi connectivity index (χ3n) is 5.21. The van der Waals surface area contributed by atoms with Gasteiger partial charge >= 0.3 is 0 Å². The second kappa shape index (κ2) is 7.12. The molecule has 1 aliphatic carbocycles. The Bertz CT molecular complexity index is 780. The van der Waals surface area contributed by atoms with Crippen LogP contribution < -0.4 is 5.73 Å². The summed E-state index contributed by atoms with van der Waals surface area (Å²) in [5, 5.41) is 0.953. The van der Waals surface area contributed by atoms with E-state index in [9.17, 15) is 4.79 Å². The fourth-order valence-corrected chi connectivity index (χ4v) is 3.11. The first kappa shape index (κ1) is 17.9. The van der Waals surface area contributed by atoms with Crippen molar-refractivity contribution in [2.24, 2.45) is 11.7 Å². The van der Waals surface area contributed by atoms with Crippen LogP contribution in [-0.4, -0.2) is 35.4 Å². The number of aromatic nitrogens is 1. The number of hydrogen-bond acceptors (Lipinski definition) is 3. The highest BCUT2D eigenvalue weighted by atomic mass is 16.2. The zero-order valence-corrected chi connectivity index (χ0v) is 15.7. The minimum Gasteiger partial charge on any atom is -0.342 e. The number of aryl methyl sites for hydroxylation is 1. The fraction of sp³-hybridized carbons (Fsp3) is 0.524. The van der Waals surface area contributed by atoms with Crippen molar-refractivity contribution in [3.8, 4) is 0 Å².